The Bertz CT molecular complexity index is 312. The molecule has 1 aliphatic heterocycles. The summed E-state index contributed by atoms with van der Waals surface area (Å²) >= 11 is 0. The van der Waals surface area contributed by atoms with Gasteiger partial charge in [-0.3, -0.25) is 0 Å². The molecule has 2 heteroatoms. The van der Waals surface area contributed by atoms with E-state index in [1.54, 1.807) is 0 Å². The van der Waals surface area contributed by atoms with Gasteiger partial charge in [0.1, 0.15) is 0 Å². The smallest absolute Gasteiger partial charge is 0.0593 e. The van der Waals surface area contributed by atoms with Gasteiger partial charge in [0.15, 0.2) is 0 Å². The van der Waals surface area contributed by atoms with Crippen LogP contribution in [0.1, 0.15) is 51.4 Å². The normalized spacial score (nSPS) is 56.6. The summed E-state index contributed by atoms with van der Waals surface area (Å²) in [7, 11) is 0. The van der Waals surface area contributed by atoms with Crippen molar-refractivity contribution in [2.45, 2.75) is 63.0 Å². The number of rotatable bonds is 2. The first-order chi connectivity index (χ1) is 8.26. The summed E-state index contributed by atoms with van der Waals surface area (Å²) in [5.74, 6) is 3.85. The molecule has 1 heterocycles. The minimum Gasteiger partial charge on any atom is -0.378 e. The molecule has 0 spiro atoms. The molecule has 6 atom stereocenters. The van der Waals surface area contributed by atoms with E-state index in [-0.39, 0.29) is 5.54 Å². The lowest BCUT2D eigenvalue weighted by Crippen LogP contribution is -2.51. The third-order valence-electron chi connectivity index (χ3n) is 6.32. The van der Waals surface area contributed by atoms with E-state index < -0.39 is 0 Å². The Kier molecular flexibility index (Phi) is 2.36. The minimum atomic E-state index is 0.144. The predicted molar refractivity (Wildman–Crippen MR) is 67.6 cm³/mol. The first-order valence-electron chi connectivity index (χ1n) is 7.67. The number of hydrogen-bond acceptors (Lipinski definition) is 2. The fraction of sp³-hybridized carbons (Fsp3) is 1.00. The summed E-state index contributed by atoms with van der Waals surface area (Å²) in [6, 6.07) is 0. The van der Waals surface area contributed by atoms with Crippen LogP contribution in [-0.2, 0) is 4.74 Å². The Hall–Kier alpha value is -0.0800. The largest absolute Gasteiger partial charge is 0.378 e. The topological polar surface area (TPSA) is 35.2 Å². The predicted octanol–water partition coefficient (Wildman–Crippen LogP) is 2.71. The maximum atomic E-state index is 6.80. The lowest BCUT2D eigenvalue weighted by Gasteiger charge is -2.41. The molecule has 0 aromatic rings. The van der Waals surface area contributed by atoms with Gasteiger partial charge in [0, 0.05) is 12.1 Å². The second-order valence-electron chi connectivity index (χ2n) is 7.14. The first-order valence-corrected chi connectivity index (χ1v) is 7.67. The Labute approximate surface area is 104 Å². The quantitative estimate of drug-likeness (QED) is 0.798. The van der Waals surface area contributed by atoms with Crippen molar-refractivity contribution in [3.63, 3.8) is 0 Å². The van der Waals surface area contributed by atoms with Gasteiger partial charge >= 0.3 is 0 Å². The second kappa shape index (κ2) is 3.71. The zero-order valence-electron chi connectivity index (χ0n) is 10.7. The van der Waals surface area contributed by atoms with E-state index in [9.17, 15) is 0 Å². The SMILES string of the molecule is NC1(CC2CCCO2)CC2CC1C1CCCC21. The van der Waals surface area contributed by atoms with E-state index in [0.29, 0.717) is 6.10 Å². The van der Waals surface area contributed by atoms with E-state index in [1.165, 1.54) is 44.9 Å². The van der Waals surface area contributed by atoms with Crippen LogP contribution in [0.25, 0.3) is 0 Å². The van der Waals surface area contributed by atoms with Gasteiger partial charge in [-0.1, -0.05) is 6.42 Å². The summed E-state index contributed by atoms with van der Waals surface area (Å²) in [5, 5.41) is 0. The summed E-state index contributed by atoms with van der Waals surface area (Å²) in [4.78, 5) is 0. The maximum Gasteiger partial charge on any atom is 0.0593 e. The third kappa shape index (κ3) is 1.53. The number of hydrogen-bond donors (Lipinski definition) is 1. The molecule has 0 radical (unpaired) electrons. The van der Waals surface area contributed by atoms with Gasteiger partial charge in [-0.25, -0.2) is 0 Å². The molecule has 0 aromatic carbocycles. The van der Waals surface area contributed by atoms with Crippen molar-refractivity contribution < 1.29 is 4.74 Å². The van der Waals surface area contributed by atoms with Crippen LogP contribution < -0.4 is 5.73 Å². The van der Waals surface area contributed by atoms with Gasteiger partial charge in [0.25, 0.3) is 0 Å². The van der Waals surface area contributed by atoms with E-state index >= 15 is 0 Å². The van der Waals surface area contributed by atoms with Crippen LogP contribution in [0.2, 0.25) is 0 Å². The van der Waals surface area contributed by atoms with E-state index in [2.05, 4.69) is 0 Å². The highest BCUT2D eigenvalue weighted by Gasteiger charge is 2.59. The summed E-state index contributed by atoms with van der Waals surface area (Å²) < 4.78 is 5.82. The number of nitrogens with two attached hydrogens (primary N) is 1. The lowest BCUT2D eigenvalue weighted by atomic mass is 9.69. The Morgan fingerprint density at radius 2 is 2.00 bits per heavy atom. The minimum absolute atomic E-state index is 0.144. The van der Waals surface area contributed by atoms with Crippen molar-refractivity contribution in [1.29, 1.82) is 0 Å². The molecule has 0 aromatic heterocycles. The highest BCUT2D eigenvalue weighted by molar-refractivity contribution is 5.12. The Morgan fingerprint density at radius 3 is 2.82 bits per heavy atom. The highest BCUT2D eigenvalue weighted by atomic mass is 16.5. The molecule has 0 amide bonds. The molecule has 4 fully saturated rings. The molecule has 2 nitrogen and oxygen atoms in total. The van der Waals surface area contributed by atoms with Crippen molar-refractivity contribution in [1.82, 2.24) is 0 Å². The average Bonchev–Trinajstić information content (AvgIpc) is 2.96. The van der Waals surface area contributed by atoms with Gasteiger partial charge in [0.05, 0.1) is 6.10 Å². The second-order valence-corrected chi connectivity index (χ2v) is 7.14. The van der Waals surface area contributed by atoms with E-state index in [0.717, 1.165) is 36.7 Å². The molecular weight excluding hydrogens is 210 g/mol. The van der Waals surface area contributed by atoms with Crippen LogP contribution in [-0.4, -0.2) is 18.2 Å². The molecule has 96 valence electrons. The lowest BCUT2D eigenvalue weighted by molar-refractivity contribution is 0.0528. The molecule has 1 saturated heterocycles. The van der Waals surface area contributed by atoms with Crippen LogP contribution in [0.3, 0.4) is 0 Å². The monoisotopic (exact) mass is 235 g/mol. The molecule has 4 rings (SSSR count). The van der Waals surface area contributed by atoms with Crippen molar-refractivity contribution >= 4 is 0 Å². The molecule has 4 aliphatic rings. The summed E-state index contributed by atoms with van der Waals surface area (Å²) in [5.41, 5.74) is 6.94. The maximum absolute atomic E-state index is 6.80. The molecule has 3 aliphatic carbocycles. The molecule has 3 saturated carbocycles. The molecule has 17 heavy (non-hydrogen) atoms. The van der Waals surface area contributed by atoms with Crippen LogP contribution in [0.15, 0.2) is 0 Å². The van der Waals surface area contributed by atoms with Crippen molar-refractivity contribution in [2.75, 3.05) is 6.61 Å². The fourth-order valence-electron chi connectivity index (χ4n) is 5.78. The van der Waals surface area contributed by atoms with E-state index in [4.69, 9.17) is 10.5 Å². The van der Waals surface area contributed by atoms with Crippen LogP contribution in [0.4, 0.5) is 0 Å². The summed E-state index contributed by atoms with van der Waals surface area (Å²) in [6.07, 6.45) is 11.3. The standard InChI is InChI=1S/C15H25NO/c16-15(9-11-3-2-6-17-11)8-10-7-14(15)13-5-1-4-12(10)13/h10-14H,1-9,16H2. The first kappa shape index (κ1) is 10.8. The molecular formula is C15H25NO. The zero-order valence-corrected chi connectivity index (χ0v) is 10.7. The number of ether oxygens (including phenoxy) is 1. The van der Waals surface area contributed by atoms with Crippen molar-refractivity contribution in [3.05, 3.63) is 0 Å². The molecule has 2 N–H and O–H groups in total. The number of fused-ring (bicyclic) bond motifs is 5. The third-order valence-corrected chi connectivity index (χ3v) is 6.32. The zero-order chi connectivity index (χ0) is 11.5. The van der Waals surface area contributed by atoms with Gasteiger partial charge in [-0.15, -0.1) is 0 Å². The average molecular weight is 235 g/mol. The Morgan fingerprint density at radius 1 is 1.12 bits per heavy atom. The van der Waals surface area contributed by atoms with Crippen LogP contribution in [0, 0.1) is 23.7 Å². The molecule has 6 unspecified atom stereocenters. The van der Waals surface area contributed by atoms with Crippen molar-refractivity contribution in [3.8, 4) is 0 Å². The fourth-order valence-corrected chi connectivity index (χ4v) is 5.78. The van der Waals surface area contributed by atoms with Gasteiger partial charge < -0.3 is 10.5 Å². The molecule has 2 bridgehead atoms. The van der Waals surface area contributed by atoms with E-state index in [1.807, 2.05) is 0 Å². The van der Waals surface area contributed by atoms with Crippen LogP contribution in [0.5, 0.6) is 0 Å². The Balaban J connectivity index is 1.51. The van der Waals surface area contributed by atoms with Crippen molar-refractivity contribution in [2.24, 2.45) is 29.4 Å². The summed E-state index contributed by atoms with van der Waals surface area (Å²) in [6.45, 7) is 0.973. The van der Waals surface area contributed by atoms with Crippen LogP contribution >= 0.6 is 0 Å². The van der Waals surface area contributed by atoms with Gasteiger partial charge in [-0.05, 0) is 68.6 Å². The highest BCUT2D eigenvalue weighted by Crippen LogP contribution is 2.62. The van der Waals surface area contributed by atoms with Gasteiger partial charge in [-0.2, -0.15) is 0 Å². The van der Waals surface area contributed by atoms with Gasteiger partial charge in [0.2, 0.25) is 0 Å².